The van der Waals surface area contributed by atoms with Crippen LogP contribution < -0.4 is 10.1 Å². The van der Waals surface area contributed by atoms with Crippen molar-refractivity contribution in [3.05, 3.63) is 30.5 Å². The van der Waals surface area contributed by atoms with E-state index in [1.54, 1.807) is 6.26 Å². The topological polar surface area (TPSA) is 34.4 Å². The number of hydrogen-bond acceptors (Lipinski definition) is 3. The van der Waals surface area contributed by atoms with E-state index in [1.807, 2.05) is 24.3 Å². The van der Waals surface area contributed by atoms with Crippen LogP contribution in [0.4, 0.5) is 0 Å². The van der Waals surface area contributed by atoms with Crippen LogP contribution in [0.3, 0.4) is 0 Å². The van der Waals surface area contributed by atoms with Crippen molar-refractivity contribution < 1.29 is 9.15 Å². The van der Waals surface area contributed by atoms with E-state index in [4.69, 9.17) is 9.15 Å². The minimum Gasteiger partial charge on any atom is -0.488 e. The lowest BCUT2D eigenvalue weighted by Crippen LogP contribution is -2.37. The second-order valence-electron chi connectivity index (χ2n) is 4.17. The van der Waals surface area contributed by atoms with Crippen molar-refractivity contribution in [3.8, 4) is 5.75 Å². The lowest BCUT2D eigenvalue weighted by Gasteiger charge is -2.24. The molecule has 2 heterocycles. The first-order valence-corrected chi connectivity index (χ1v) is 5.77. The Hall–Kier alpha value is -1.48. The SMILES string of the molecule is c1cc(OC2CCCNC2)c2ccoc2c1. The Kier molecular flexibility index (Phi) is 2.54. The summed E-state index contributed by atoms with van der Waals surface area (Å²) in [4.78, 5) is 0. The van der Waals surface area contributed by atoms with Crippen molar-refractivity contribution in [1.29, 1.82) is 0 Å². The van der Waals surface area contributed by atoms with Gasteiger partial charge in [0.1, 0.15) is 17.4 Å². The third-order valence-electron chi connectivity index (χ3n) is 3.00. The molecule has 1 aliphatic heterocycles. The number of piperidine rings is 1. The number of ether oxygens (including phenoxy) is 1. The average Bonchev–Trinajstić information content (AvgIpc) is 2.80. The van der Waals surface area contributed by atoms with Crippen molar-refractivity contribution >= 4 is 11.0 Å². The first-order chi connectivity index (χ1) is 7.93. The van der Waals surface area contributed by atoms with Crippen LogP contribution in [-0.2, 0) is 0 Å². The average molecular weight is 217 g/mol. The number of furan rings is 1. The van der Waals surface area contributed by atoms with Gasteiger partial charge in [-0.1, -0.05) is 6.07 Å². The Balaban J connectivity index is 1.85. The van der Waals surface area contributed by atoms with E-state index in [1.165, 1.54) is 6.42 Å². The van der Waals surface area contributed by atoms with Crippen molar-refractivity contribution in [2.24, 2.45) is 0 Å². The van der Waals surface area contributed by atoms with Gasteiger partial charge in [-0.2, -0.15) is 0 Å². The van der Waals surface area contributed by atoms with Crippen LogP contribution in [0.5, 0.6) is 5.75 Å². The number of hydrogen-bond donors (Lipinski definition) is 1. The molecule has 0 bridgehead atoms. The van der Waals surface area contributed by atoms with E-state index in [0.717, 1.165) is 36.2 Å². The molecule has 1 unspecified atom stereocenters. The summed E-state index contributed by atoms with van der Waals surface area (Å²) in [6, 6.07) is 7.89. The molecule has 84 valence electrons. The summed E-state index contributed by atoms with van der Waals surface area (Å²) in [6.45, 7) is 2.05. The summed E-state index contributed by atoms with van der Waals surface area (Å²) < 4.78 is 11.4. The number of rotatable bonds is 2. The quantitative estimate of drug-likeness (QED) is 0.839. The van der Waals surface area contributed by atoms with E-state index >= 15 is 0 Å². The fourth-order valence-corrected chi connectivity index (χ4v) is 2.17. The van der Waals surface area contributed by atoms with Crippen LogP contribution in [0.2, 0.25) is 0 Å². The van der Waals surface area contributed by atoms with Crippen LogP contribution in [0.15, 0.2) is 34.9 Å². The highest BCUT2D eigenvalue weighted by Gasteiger charge is 2.15. The third-order valence-corrected chi connectivity index (χ3v) is 3.00. The molecule has 2 aromatic rings. The van der Waals surface area contributed by atoms with Gasteiger partial charge in [0.05, 0.1) is 11.6 Å². The highest BCUT2D eigenvalue weighted by Crippen LogP contribution is 2.27. The van der Waals surface area contributed by atoms with E-state index < -0.39 is 0 Å². The molecule has 0 aliphatic carbocycles. The van der Waals surface area contributed by atoms with E-state index in [9.17, 15) is 0 Å². The molecule has 1 N–H and O–H groups in total. The molecule has 1 fully saturated rings. The fraction of sp³-hybridized carbons (Fsp3) is 0.385. The molecule has 0 spiro atoms. The van der Waals surface area contributed by atoms with Gasteiger partial charge in [0.15, 0.2) is 0 Å². The van der Waals surface area contributed by atoms with Gasteiger partial charge < -0.3 is 14.5 Å². The smallest absolute Gasteiger partial charge is 0.137 e. The molecule has 0 saturated carbocycles. The van der Waals surface area contributed by atoms with Gasteiger partial charge >= 0.3 is 0 Å². The monoisotopic (exact) mass is 217 g/mol. The van der Waals surface area contributed by atoms with Crippen molar-refractivity contribution in [3.63, 3.8) is 0 Å². The van der Waals surface area contributed by atoms with E-state index in [0.29, 0.717) is 0 Å². The summed E-state index contributed by atoms with van der Waals surface area (Å²) in [5.41, 5.74) is 0.890. The van der Waals surface area contributed by atoms with Gasteiger partial charge in [-0.05, 0) is 37.6 Å². The molecule has 3 rings (SSSR count). The molecule has 3 nitrogen and oxygen atoms in total. The van der Waals surface area contributed by atoms with Gasteiger partial charge in [0, 0.05) is 6.54 Å². The second kappa shape index (κ2) is 4.18. The largest absolute Gasteiger partial charge is 0.488 e. The maximum absolute atomic E-state index is 6.00. The van der Waals surface area contributed by atoms with Gasteiger partial charge in [-0.25, -0.2) is 0 Å². The summed E-state index contributed by atoms with van der Waals surface area (Å²) in [5, 5.41) is 4.41. The van der Waals surface area contributed by atoms with E-state index in [-0.39, 0.29) is 6.10 Å². The molecule has 1 aliphatic rings. The van der Waals surface area contributed by atoms with Crippen molar-refractivity contribution in [2.45, 2.75) is 18.9 Å². The summed E-state index contributed by atoms with van der Waals surface area (Å²) in [7, 11) is 0. The minimum atomic E-state index is 0.286. The highest BCUT2D eigenvalue weighted by molar-refractivity contribution is 5.83. The minimum absolute atomic E-state index is 0.286. The van der Waals surface area contributed by atoms with Gasteiger partial charge in [0.2, 0.25) is 0 Å². The second-order valence-corrected chi connectivity index (χ2v) is 4.17. The summed E-state index contributed by atoms with van der Waals surface area (Å²) in [6.07, 6.45) is 4.30. The molecule has 0 amide bonds. The Morgan fingerprint density at radius 1 is 1.31 bits per heavy atom. The van der Waals surface area contributed by atoms with Crippen LogP contribution in [0.1, 0.15) is 12.8 Å². The molecule has 3 heteroatoms. The van der Waals surface area contributed by atoms with Crippen molar-refractivity contribution in [1.82, 2.24) is 5.32 Å². The van der Waals surface area contributed by atoms with Gasteiger partial charge in [-0.3, -0.25) is 0 Å². The molecule has 1 aromatic carbocycles. The maximum Gasteiger partial charge on any atom is 0.137 e. The summed E-state index contributed by atoms with van der Waals surface area (Å²) in [5.74, 6) is 0.931. The van der Waals surface area contributed by atoms with Crippen LogP contribution >= 0.6 is 0 Å². The standard InChI is InChI=1S/C13H15NO2/c1-4-12-11(6-8-15-12)13(5-1)16-10-3-2-7-14-9-10/h1,4-6,8,10,14H,2-3,7,9H2. The first-order valence-electron chi connectivity index (χ1n) is 5.77. The van der Waals surface area contributed by atoms with Gasteiger partial charge in [-0.15, -0.1) is 0 Å². The first kappa shape index (κ1) is 9.73. The number of benzene rings is 1. The third kappa shape index (κ3) is 1.78. The number of fused-ring (bicyclic) bond motifs is 1. The van der Waals surface area contributed by atoms with Crippen LogP contribution in [0.25, 0.3) is 11.0 Å². The molecular weight excluding hydrogens is 202 g/mol. The van der Waals surface area contributed by atoms with Gasteiger partial charge in [0.25, 0.3) is 0 Å². The molecule has 1 saturated heterocycles. The fourth-order valence-electron chi connectivity index (χ4n) is 2.17. The molecule has 1 atom stereocenters. The lowest BCUT2D eigenvalue weighted by molar-refractivity contribution is 0.169. The predicted molar refractivity (Wildman–Crippen MR) is 62.7 cm³/mol. The Bertz CT molecular complexity index is 471. The van der Waals surface area contributed by atoms with Crippen molar-refractivity contribution in [2.75, 3.05) is 13.1 Å². The lowest BCUT2D eigenvalue weighted by atomic mass is 10.1. The Morgan fingerprint density at radius 2 is 2.31 bits per heavy atom. The Labute approximate surface area is 94.4 Å². The molecule has 1 aromatic heterocycles. The maximum atomic E-state index is 6.00. The van der Waals surface area contributed by atoms with Crippen LogP contribution in [0, 0.1) is 0 Å². The zero-order valence-electron chi connectivity index (χ0n) is 9.11. The molecular formula is C13H15NO2. The predicted octanol–water partition coefficient (Wildman–Crippen LogP) is 2.56. The van der Waals surface area contributed by atoms with E-state index in [2.05, 4.69) is 5.32 Å². The number of nitrogens with one attached hydrogen (secondary N) is 1. The highest BCUT2D eigenvalue weighted by atomic mass is 16.5. The summed E-state index contributed by atoms with van der Waals surface area (Å²) >= 11 is 0. The zero-order valence-corrected chi connectivity index (χ0v) is 9.11. The Morgan fingerprint density at radius 3 is 3.19 bits per heavy atom. The normalized spacial score (nSPS) is 21.1. The molecule has 16 heavy (non-hydrogen) atoms. The zero-order chi connectivity index (χ0) is 10.8. The van der Waals surface area contributed by atoms with Crippen LogP contribution in [-0.4, -0.2) is 19.2 Å². The molecule has 0 radical (unpaired) electrons.